The molecule has 0 bridgehead atoms. The van der Waals surface area contributed by atoms with Crippen molar-refractivity contribution in [3.8, 4) is 5.75 Å². The first-order valence-corrected chi connectivity index (χ1v) is 11.9. The molecule has 2 N–H and O–H groups in total. The maximum Gasteiger partial charge on any atom is 0.276 e. The molecule has 2 aromatic carbocycles. The first kappa shape index (κ1) is 23.5. The zero-order valence-electron chi connectivity index (χ0n) is 17.2. The molecule has 0 unspecified atom stereocenters. The largest absolute Gasteiger partial charge is 0.471 e. The van der Waals surface area contributed by atoms with Crippen LogP contribution >= 0.6 is 23.2 Å². The van der Waals surface area contributed by atoms with E-state index in [0.29, 0.717) is 16.5 Å². The Morgan fingerprint density at radius 3 is 2.50 bits per heavy atom. The summed E-state index contributed by atoms with van der Waals surface area (Å²) in [6, 6.07) is 16.9. The van der Waals surface area contributed by atoms with Gasteiger partial charge >= 0.3 is 0 Å². The summed E-state index contributed by atoms with van der Waals surface area (Å²) in [6.07, 6.45) is 1.60. The molecule has 0 saturated carbocycles. The fraction of sp³-hybridized carbons (Fsp3) is 0.0476. The lowest BCUT2D eigenvalue weighted by atomic mass is 10.3. The molecule has 0 fully saturated rings. The second-order valence-electron chi connectivity index (χ2n) is 6.80. The molecule has 0 aliphatic carbocycles. The highest BCUT2D eigenvalue weighted by Crippen LogP contribution is 2.19. The number of carbonyl (C=O) groups is 1. The Balaban J connectivity index is 1.36. The fourth-order valence-electron chi connectivity index (χ4n) is 2.73. The van der Waals surface area contributed by atoms with Crippen molar-refractivity contribution in [2.75, 3.05) is 10.0 Å². The zero-order valence-corrected chi connectivity index (χ0v) is 19.5. The molecule has 0 atom stereocenters. The Bertz CT molecular complexity index is 1410. The lowest BCUT2D eigenvalue weighted by Gasteiger charge is -2.08. The fourth-order valence-corrected chi connectivity index (χ4v) is 4.01. The number of carbonyl (C=O) groups excluding carboxylic acids is 1. The van der Waals surface area contributed by atoms with E-state index in [-0.39, 0.29) is 28.3 Å². The van der Waals surface area contributed by atoms with Crippen molar-refractivity contribution in [2.24, 2.45) is 0 Å². The van der Waals surface area contributed by atoms with Crippen LogP contribution in [0.4, 0.5) is 11.5 Å². The molecule has 2 heterocycles. The average Bonchev–Trinajstić information content (AvgIpc) is 3.29. The van der Waals surface area contributed by atoms with Gasteiger partial charge in [0, 0.05) is 16.9 Å². The van der Waals surface area contributed by atoms with Gasteiger partial charge in [0.2, 0.25) is 0 Å². The van der Waals surface area contributed by atoms with Gasteiger partial charge in [-0.3, -0.25) is 9.52 Å². The normalized spacial score (nSPS) is 11.1. The predicted molar refractivity (Wildman–Crippen MR) is 127 cm³/mol. The van der Waals surface area contributed by atoms with E-state index in [9.17, 15) is 13.2 Å². The second kappa shape index (κ2) is 10.1. The molecule has 34 heavy (non-hydrogen) atoms. The third-order valence-corrected chi connectivity index (χ3v) is 6.13. The number of sulfonamides is 1. The molecule has 4 aromatic rings. The summed E-state index contributed by atoms with van der Waals surface area (Å²) in [4.78, 5) is 12.5. The predicted octanol–water partition coefficient (Wildman–Crippen LogP) is 4.07. The topological polar surface area (TPSA) is 128 Å². The van der Waals surface area contributed by atoms with E-state index in [1.54, 1.807) is 30.5 Å². The third-order valence-electron chi connectivity index (χ3n) is 4.33. The van der Waals surface area contributed by atoms with Crippen molar-refractivity contribution in [2.45, 2.75) is 11.6 Å². The molecule has 0 aliphatic heterocycles. The molecular formula is C21H16Cl2N6O4S. The number of aromatic nitrogens is 4. The number of nitrogens with one attached hydrogen (secondary N) is 2. The first-order chi connectivity index (χ1) is 16.3. The molecular weight excluding hydrogens is 503 g/mol. The highest BCUT2D eigenvalue weighted by molar-refractivity contribution is 7.92. The number of halogens is 2. The monoisotopic (exact) mass is 518 g/mol. The number of hydrogen-bond donors (Lipinski definition) is 2. The smallest absolute Gasteiger partial charge is 0.276 e. The van der Waals surface area contributed by atoms with E-state index in [1.807, 2.05) is 0 Å². The number of ether oxygens (including phenoxy) is 1. The van der Waals surface area contributed by atoms with Gasteiger partial charge in [-0.2, -0.15) is 5.10 Å². The Morgan fingerprint density at radius 2 is 1.79 bits per heavy atom. The van der Waals surface area contributed by atoms with E-state index in [4.69, 9.17) is 27.9 Å². The maximum atomic E-state index is 12.5. The average molecular weight is 519 g/mol. The molecule has 174 valence electrons. The quantitative estimate of drug-likeness (QED) is 0.359. The molecule has 0 radical (unpaired) electrons. The molecule has 10 nitrogen and oxygen atoms in total. The SMILES string of the molecule is O=C(Nc1ccc(S(=O)(=O)Nc2ccc(Cl)nn2)cc1)c1ccn(COc2cccc(Cl)c2)n1. The summed E-state index contributed by atoms with van der Waals surface area (Å²) < 4.78 is 34.3. The van der Waals surface area contributed by atoms with Gasteiger partial charge in [-0.25, -0.2) is 13.1 Å². The maximum absolute atomic E-state index is 12.5. The van der Waals surface area contributed by atoms with Gasteiger partial charge in [0.15, 0.2) is 23.4 Å². The van der Waals surface area contributed by atoms with Gasteiger partial charge in [-0.1, -0.05) is 29.3 Å². The number of benzene rings is 2. The number of rotatable bonds is 8. The van der Waals surface area contributed by atoms with E-state index >= 15 is 0 Å². The Morgan fingerprint density at radius 1 is 1.00 bits per heavy atom. The van der Waals surface area contributed by atoms with Crippen LogP contribution in [0.1, 0.15) is 10.5 Å². The minimum absolute atomic E-state index is 0.0234. The Labute approximate surface area is 204 Å². The van der Waals surface area contributed by atoms with Gasteiger partial charge in [-0.15, -0.1) is 10.2 Å². The standard InChI is InChI=1S/C21H16Cl2N6O4S/c22-14-2-1-3-16(12-14)33-13-29-11-10-18(27-29)21(30)24-15-4-6-17(7-5-15)34(31,32)28-20-9-8-19(23)25-26-20/h1-12H,13H2,(H,24,30)(H,26,28). The number of amides is 1. The second-order valence-corrected chi connectivity index (χ2v) is 9.30. The van der Waals surface area contributed by atoms with Crippen molar-refractivity contribution >= 4 is 50.6 Å². The van der Waals surface area contributed by atoms with Crippen LogP contribution in [0.15, 0.2) is 77.8 Å². The van der Waals surface area contributed by atoms with Gasteiger partial charge in [0.1, 0.15) is 5.75 Å². The summed E-state index contributed by atoms with van der Waals surface area (Å²) in [5, 5.41) is 14.8. The van der Waals surface area contributed by atoms with Crippen LogP contribution in [0.2, 0.25) is 10.2 Å². The van der Waals surface area contributed by atoms with Crippen molar-refractivity contribution in [3.63, 3.8) is 0 Å². The number of hydrogen-bond acceptors (Lipinski definition) is 7. The van der Waals surface area contributed by atoms with E-state index < -0.39 is 15.9 Å². The molecule has 0 aliphatic rings. The minimum Gasteiger partial charge on any atom is -0.471 e. The van der Waals surface area contributed by atoms with Crippen LogP contribution in [0.5, 0.6) is 5.75 Å². The lowest BCUT2D eigenvalue weighted by Crippen LogP contribution is -2.15. The van der Waals surface area contributed by atoms with Gasteiger partial charge in [0.05, 0.1) is 4.90 Å². The number of nitrogens with zero attached hydrogens (tertiary/aromatic N) is 4. The van der Waals surface area contributed by atoms with E-state index in [1.165, 1.54) is 47.1 Å². The van der Waals surface area contributed by atoms with Gasteiger partial charge in [0.25, 0.3) is 15.9 Å². The first-order valence-electron chi connectivity index (χ1n) is 9.64. The summed E-state index contributed by atoms with van der Waals surface area (Å²) in [6.45, 7) is 0.0885. The Hall–Kier alpha value is -3.67. The highest BCUT2D eigenvalue weighted by Gasteiger charge is 2.16. The highest BCUT2D eigenvalue weighted by atomic mass is 35.5. The molecule has 13 heteroatoms. The Kier molecular flexibility index (Phi) is 6.96. The molecule has 1 amide bonds. The van der Waals surface area contributed by atoms with E-state index in [0.717, 1.165) is 0 Å². The van der Waals surface area contributed by atoms with Crippen molar-refractivity contribution in [1.82, 2.24) is 20.0 Å². The van der Waals surface area contributed by atoms with Crippen LogP contribution in [0.3, 0.4) is 0 Å². The molecule has 0 saturated heterocycles. The summed E-state index contributed by atoms with van der Waals surface area (Å²) in [5.41, 5.74) is 0.550. The lowest BCUT2D eigenvalue weighted by molar-refractivity contribution is 0.102. The minimum atomic E-state index is -3.90. The van der Waals surface area contributed by atoms with Crippen LogP contribution in [0.25, 0.3) is 0 Å². The van der Waals surface area contributed by atoms with Crippen LogP contribution in [-0.2, 0) is 16.8 Å². The molecule has 0 spiro atoms. The van der Waals surface area contributed by atoms with Gasteiger partial charge < -0.3 is 10.1 Å². The summed E-state index contributed by atoms with van der Waals surface area (Å²) >= 11 is 11.6. The van der Waals surface area contributed by atoms with Crippen molar-refractivity contribution < 1.29 is 17.9 Å². The summed E-state index contributed by atoms with van der Waals surface area (Å²) in [5.74, 6) is 0.130. The van der Waals surface area contributed by atoms with Crippen LogP contribution in [-0.4, -0.2) is 34.3 Å². The van der Waals surface area contributed by atoms with Crippen LogP contribution in [0, 0.1) is 0 Å². The molecule has 2 aromatic heterocycles. The van der Waals surface area contributed by atoms with Crippen molar-refractivity contribution in [1.29, 1.82) is 0 Å². The zero-order chi connectivity index (χ0) is 24.1. The molecule has 4 rings (SSSR count). The van der Waals surface area contributed by atoms with Crippen molar-refractivity contribution in [3.05, 3.63) is 88.8 Å². The van der Waals surface area contributed by atoms with Crippen LogP contribution < -0.4 is 14.8 Å². The van der Waals surface area contributed by atoms with Gasteiger partial charge in [-0.05, 0) is 60.7 Å². The summed E-state index contributed by atoms with van der Waals surface area (Å²) in [7, 11) is -3.90. The van der Waals surface area contributed by atoms with E-state index in [2.05, 4.69) is 25.3 Å². The number of anilines is 2. The third kappa shape index (κ3) is 6.01.